The van der Waals surface area contributed by atoms with Crippen molar-refractivity contribution in [2.24, 2.45) is 0 Å². The molecule has 0 spiro atoms. The summed E-state index contributed by atoms with van der Waals surface area (Å²) in [5.74, 6) is -0.0405. The highest BCUT2D eigenvalue weighted by atomic mass is 16.3. The van der Waals surface area contributed by atoms with E-state index in [2.05, 4.69) is 31.3 Å². The number of hydrogen-bond donors (Lipinski definition) is 3. The Bertz CT molecular complexity index is 579. The van der Waals surface area contributed by atoms with Crippen molar-refractivity contribution in [1.82, 2.24) is 5.32 Å². The SMILES string of the molecule is CCCCC/C=C/CCCC[C@@H](O)[C@H](CO)NC(=O)CCCCCCCCCCCCCCCCCCCCCCCC. The lowest BCUT2D eigenvalue weighted by Gasteiger charge is -2.22. The molecule has 0 aliphatic heterocycles. The van der Waals surface area contributed by atoms with Crippen molar-refractivity contribution < 1.29 is 15.0 Å². The van der Waals surface area contributed by atoms with Crippen LogP contribution in [-0.2, 0) is 4.79 Å². The number of amides is 1. The van der Waals surface area contributed by atoms with Crippen LogP contribution in [0.1, 0.15) is 213 Å². The quantitative estimate of drug-likeness (QED) is 0.0496. The van der Waals surface area contributed by atoms with E-state index in [1.807, 2.05) is 0 Å². The number of allylic oxidation sites excluding steroid dienone is 2. The minimum Gasteiger partial charge on any atom is -0.394 e. The molecule has 0 bridgehead atoms. The lowest BCUT2D eigenvalue weighted by Crippen LogP contribution is -2.45. The first-order valence-corrected chi connectivity index (χ1v) is 19.4. The Morgan fingerprint density at radius 1 is 0.535 bits per heavy atom. The lowest BCUT2D eigenvalue weighted by atomic mass is 10.0. The molecule has 0 saturated carbocycles. The Balaban J connectivity index is 3.45. The number of carbonyl (C=O) groups is 1. The summed E-state index contributed by atoms with van der Waals surface area (Å²) < 4.78 is 0. The van der Waals surface area contributed by atoms with Crippen LogP contribution < -0.4 is 5.32 Å². The number of carbonyl (C=O) groups excluding carboxylic acids is 1. The number of unbranched alkanes of at least 4 members (excludes halogenated alkanes) is 26. The summed E-state index contributed by atoms with van der Waals surface area (Å²) in [5.41, 5.74) is 0. The molecule has 4 nitrogen and oxygen atoms in total. The summed E-state index contributed by atoms with van der Waals surface area (Å²) in [6, 6.07) is -0.545. The van der Waals surface area contributed by atoms with Crippen LogP contribution in [0, 0.1) is 0 Å². The van der Waals surface area contributed by atoms with Gasteiger partial charge < -0.3 is 15.5 Å². The molecule has 0 rings (SSSR count). The molecule has 0 heterocycles. The highest BCUT2D eigenvalue weighted by Gasteiger charge is 2.19. The topological polar surface area (TPSA) is 69.6 Å². The summed E-state index contributed by atoms with van der Waals surface area (Å²) in [5, 5.41) is 22.9. The zero-order valence-electron chi connectivity index (χ0n) is 29.2. The second-order valence-corrected chi connectivity index (χ2v) is 13.4. The first-order valence-electron chi connectivity index (χ1n) is 19.4. The molecule has 4 heteroatoms. The van der Waals surface area contributed by atoms with E-state index in [0.29, 0.717) is 12.8 Å². The van der Waals surface area contributed by atoms with Crippen molar-refractivity contribution in [2.75, 3.05) is 6.61 Å². The van der Waals surface area contributed by atoms with E-state index in [4.69, 9.17) is 0 Å². The van der Waals surface area contributed by atoms with E-state index in [1.54, 1.807) is 0 Å². The third-order valence-corrected chi connectivity index (χ3v) is 9.03. The summed E-state index contributed by atoms with van der Waals surface area (Å²) in [6.45, 7) is 4.31. The van der Waals surface area contributed by atoms with E-state index < -0.39 is 12.1 Å². The van der Waals surface area contributed by atoms with Gasteiger partial charge in [0.05, 0.1) is 18.8 Å². The van der Waals surface area contributed by atoms with Crippen LogP contribution in [0.5, 0.6) is 0 Å². The number of aliphatic hydroxyl groups is 2. The van der Waals surface area contributed by atoms with Crippen molar-refractivity contribution in [3.63, 3.8) is 0 Å². The first-order chi connectivity index (χ1) is 21.2. The van der Waals surface area contributed by atoms with Crippen LogP contribution in [0.2, 0.25) is 0 Å². The van der Waals surface area contributed by atoms with Gasteiger partial charge in [0.25, 0.3) is 0 Å². The Kier molecular flexibility index (Phi) is 34.9. The molecule has 0 aromatic carbocycles. The highest BCUT2D eigenvalue weighted by Crippen LogP contribution is 2.16. The highest BCUT2D eigenvalue weighted by molar-refractivity contribution is 5.76. The fraction of sp³-hybridized carbons (Fsp3) is 0.923. The van der Waals surface area contributed by atoms with Crippen molar-refractivity contribution in [3.8, 4) is 0 Å². The third kappa shape index (κ3) is 32.3. The van der Waals surface area contributed by atoms with Gasteiger partial charge in [0.15, 0.2) is 0 Å². The fourth-order valence-corrected chi connectivity index (χ4v) is 6.00. The molecule has 43 heavy (non-hydrogen) atoms. The van der Waals surface area contributed by atoms with Gasteiger partial charge in [-0.2, -0.15) is 0 Å². The Hall–Kier alpha value is -0.870. The van der Waals surface area contributed by atoms with Crippen LogP contribution in [0.25, 0.3) is 0 Å². The molecule has 0 saturated heterocycles. The molecular weight excluding hydrogens is 530 g/mol. The van der Waals surface area contributed by atoms with Crippen LogP contribution in [0.15, 0.2) is 12.2 Å². The van der Waals surface area contributed by atoms with E-state index in [1.165, 1.54) is 148 Å². The predicted octanol–water partition coefficient (Wildman–Crippen LogP) is 11.5. The summed E-state index contributed by atoms with van der Waals surface area (Å²) >= 11 is 0. The average Bonchev–Trinajstić information content (AvgIpc) is 3.01. The molecule has 0 aliphatic rings. The van der Waals surface area contributed by atoms with Gasteiger partial charge in [-0.05, 0) is 38.5 Å². The third-order valence-electron chi connectivity index (χ3n) is 9.03. The first kappa shape index (κ1) is 42.1. The molecule has 0 aromatic rings. The average molecular weight is 608 g/mol. The number of nitrogens with one attached hydrogen (secondary N) is 1. The molecule has 0 aromatic heterocycles. The maximum atomic E-state index is 12.3. The minimum absolute atomic E-state index is 0.0405. The van der Waals surface area contributed by atoms with Crippen molar-refractivity contribution >= 4 is 5.91 Å². The van der Waals surface area contributed by atoms with Crippen LogP contribution in [-0.4, -0.2) is 34.9 Å². The van der Waals surface area contributed by atoms with Crippen LogP contribution >= 0.6 is 0 Å². The second-order valence-electron chi connectivity index (χ2n) is 13.4. The molecule has 0 fully saturated rings. The molecular formula is C39H77NO3. The predicted molar refractivity (Wildman–Crippen MR) is 189 cm³/mol. The molecule has 1 amide bonds. The smallest absolute Gasteiger partial charge is 0.220 e. The van der Waals surface area contributed by atoms with E-state index >= 15 is 0 Å². The standard InChI is InChI=1S/C39H77NO3/c1-3-5-7-9-11-13-14-15-16-17-18-19-20-21-22-23-24-25-27-29-31-33-35-39(43)40-37(36-41)38(42)34-32-30-28-26-12-10-8-6-4-2/h12,26,37-38,41-42H,3-11,13-25,27-36H2,1-2H3,(H,40,43)/b26-12+/t37-,38+/m0/s1. The normalized spacial score (nSPS) is 13.1. The monoisotopic (exact) mass is 608 g/mol. The minimum atomic E-state index is -0.674. The van der Waals surface area contributed by atoms with Crippen molar-refractivity contribution in [2.45, 2.75) is 225 Å². The summed E-state index contributed by atoms with van der Waals surface area (Å²) in [7, 11) is 0. The maximum absolute atomic E-state index is 12.3. The largest absolute Gasteiger partial charge is 0.394 e. The van der Waals surface area contributed by atoms with Gasteiger partial charge >= 0.3 is 0 Å². The molecule has 2 atom stereocenters. The number of hydrogen-bond acceptors (Lipinski definition) is 3. The van der Waals surface area contributed by atoms with Crippen molar-refractivity contribution in [3.05, 3.63) is 12.2 Å². The second kappa shape index (κ2) is 35.6. The van der Waals surface area contributed by atoms with Gasteiger partial charge in [-0.25, -0.2) is 0 Å². The molecule has 3 N–H and O–H groups in total. The summed E-state index contributed by atoms with van der Waals surface area (Å²) in [6.07, 6.45) is 42.9. The Morgan fingerprint density at radius 3 is 1.28 bits per heavy atom. The van der Waals surface area contributed by atoms with Crippen LogP contribution in [0.3, 0.4) is 0 Å². The van der Waals surface area contributed by atoms with Gasteiger partial charge in [0.1, 0.15) is 0 Å². The maximum Gasteiger partial charge on any atom is 0.220 e. The molecule has 256 valence electrons. The Labute approximate surface area is 269 Å². The van der Waals surface area contributed by atoms with Crippen LogP contribution in [0.4, 0.5) is 0 Å². The van der Waals surface area contributed by atoms with E-state index in [9.17, 15) is 15.0 Å². The number of aliphatic hydroxyl groups excluding tert-OH is 2. The summed E-state index contributed by atoms with van der Waals surface area (Å²) in [4.78, 5) is 12.3. The van der Waals surface area contributed by atoms with Gasteiger partial charge in [-0.15, -0.1) is 0 Å². The van der Waals surface area contributed by atoms with Gasteiger partial charge in [0.2, 0.25) is 5.91 Å². The Morgan fingerprint density at radius 2 is 0.884 bits per heavy atom. The zero-order valence-corrected chi connectivity index (χ0v) is 29.2. The lowest BCUT2D eigenvalue weighted by molar-refractivity contribution is -0.123. The van der Waals surface area contributed by atoms with Gasteiger partial charge in [0, 0.05) is 6.42 Å². The fourth-order valence-electron chi connectivity index (χ4n) is 6.00. The van der Waals surface area contributed by atoms with Crippen molar-refractivity contribution in [1.29, 1.82) is 0 Å². The number of rotatable bonds is 35. The van der Waals surface area contributed by atoms with Gasteiger partial charge in [-0.3, -0.25) is 4.79 Å². The van der Waals surface area contributed by atoms with Gasteiger partial charge in [-0.1, -0.05) is 180 Å². The van der Waals surface area contributed by atoms with E-state index in [-0.39, 0.29) is 12.5 Å². The molecule has 0 radical (unpaired) electrons. The molecule has 0 aliphatic carbocycles. The zero-order chi connectivity index (χ0) is 31.5. The molecule has 0 unspecified atom stereocenters. The van der Waals surface area contributed by atoms with E-state index in [0.717, 1.165) is 38.5 Å².